The van der Waals surface area contributed by atoms with Gasteiger partial charge in [0.15, 0.2) is 0 Å². The van der Waals surface area contributed by atoms with Crippen molar-refractivity contribution < 1.29 is 13.2 Å². The van der Waals surface area contributed by atoms with E-state index in [0.717, 1.165) is 6.26 Å². The fraction of sp³-hybridized carbons (Fsp3) is 0.857. The Hall–Kier alpha value is -0.660. The Balaban J connectivity index is 2.74. The molecule has 14 heavy (non-hydrogen) atoms. The van der Waals surface area contributed by atoms with E-state index in [1.807, 2.05) is 0 Å². The molecular weight excluding hydrogens is 206 g/mol. The average Bonchev–Trinajstić information content (AvgIpc) is 2.01. The molecule has 3 N–H and O–H groups in total. The second kappa shape index (κ2) is 4.24. The van der Waals surface area contributed by atoms with Crippen LogP contribution in [-0.4, -0.2) is 50.6 Å². The van der Waals surface area contributed by atoms with Crippen LogP contribution in [0, 0.1) is 0 Å². The summed E-state index contributed by atoms with van der Waals surface area (Å²) < 4.78 is 24.0. The SMILES string of the molecule is CS(=O)(=O)N1CCNCC1CC(N)=O. The third-order valence-corrected chi connectivity index (χ3v) is 3.49. The standard InChI is InChI=1S/C7H15N3O3S/c1-14(12,13)10-3-2-9-5-6(10)4-7(8)11/h6,9H,2-5H2,1H3,(H2,8,11). The molecular formula is C7H15N3O3S. The van der Waals surface area contributed by atoms with Crippen LogP contribution < -0.4 is 11.1 Å². The van der Waals surface area contributed by atoms with Crippen LogP contribution in [0.1, 0.15) is 6.42 Å². The van der Waals surface area contributed by atoms with Crippen LogP contribution in [0.2, 0.25) is 0 Å². The van der Waals surface area contributed by atoms with Crippen molar-refractivity contribution in [2.24, 2.45) is 5.73 Å². The molecule has 0 radical (unpaired) electrons. The maximum Gasteiger partial charge on any atom is 0.219 e. The number of hydrogen-bond acceptors (Lipinski definition) is 4. The van der Waals surface area contributed by atoms with Crippen molar-refractivity contribution in [3.05, 3.63) is 0 Å². The summed E-state index contributed by atoms with van der Waals surface area (Å²) in [5.74, 6) is -0.479. The molecule has 7 heteroatoms. The van der Waals surface area contributed by atoms with Gasteiger partial charge < -0.3 is 11.1 Å². The molecule has 0 aromatic rings. The van der Waals surface area contributed by atoms with Gasteiger partial charge in [-0.15, -0.1) is 0 Å². The molecule has 1 rings (SSSR count). The molecule has 1 heterocycles. The van der Waals surface area contributed by atoms with Gasteiger partial charge in [0, 0.05) is 32.1 Å². The van der Waals surface area contributed by atoms with Gasteiger partial charge in [0.25, 0.3) is 0 Å². The Morgan fingerprint density at radius 2 is 2.29 bits per heavy atom. The monoisotopic (exact) mass is 221 g/mol. The molecule has 1 aliphatic heterocycles. The Bertz CT molecular complexity index is 314. The van der Waals surface area contributed by atoms with Crippen molar-refractivity contribution in [2.75, 3.05) is 25.9 Å². The minimum absolute atomic E-state index is 0.0695. The number of carbonyl (C=O) groups is 1. The fourth-order valence-corrected chi connectivity index (χ4v) is 2.70. The van der Waals surface area contributed by atoms with Gasteiger partial charge in [-0.25, -0.2) is 8.42 Å². The van der Waals surface area contributed by atoms with Crippen LogP contribution >= 0.6 is 0 Å². The highest BCUT2D eigenvalue weighted by Gasteiger charge is 2.29. The number of carbonyl (C=O) groups excluding carboxylic acids is 1. The van der Waals surface area contributed by atoms with Crippen molar-refractivity contribution >= 4 is 15.9 Å². The molecule has 0 saturated carbocycles. The normalized spacial score (nSPS) is 24.8. The molecule has 0 aliphatic carbocycles. The highest BCUT2D eigenvalue weighted by Crippen LogP contribution is 2.11. The number of sulfonamides is 1. The van der Waals surface area contributed by atoms with E-state index in [2.05, 4.69) is 5.32 Å². The Labute approximate surface area is 83.5 Å². The first-order chi connectivity index (χ1) is 6.41. The first-order valence-corrected chi connectivity index (χ1v) is 6.22. The fourth-order valence-electron chi connectivity index (χ4n) is 1.59. The van der Waals surface area contributed by atoms with Crippen LogP contribution in [0.4, 0.5) is 0 Å². The quantitative estimate of drug-likeness (QED) is 0.582. The Kier molecular flexibility index (Phi) is 3.46. The third kappa shape index (κ3) is 2.93. The maximum absolute atomic E-state index is 11.3. The van der Waals surface area contributed by atoms with E-state index >= 15 is 0 Å². The number of piperazine rings is 1. The molecule has 1 atom stereocenters. The smallest absolute Gasteiger partial charge is 0.219 e. The second-order valence-corrected chi connectivity index (χ2v) is 5.34. The Morgan fingerprint density at radius 3 is 2.79 bits per heavy atom. The average molecular weight is 221 g/mol. The lowest BCUT2D eigenvalue weighted by molar-refractivity contribution is -0.118. The van der Waals surface area contributed by atoms with E-state index in [-0.39, 0.29) is 12.5 Å². The van der Waals surface area contributed by atoms with Crippen molar-refractivity contribution in [2.45, 2.75) is 12.5 Å². The van der Waals surface area contributed by atoms with Gasteiger partial charge in [0.1, 0.15) is 0 Å². The number of nitrogens with one attached hydrogen (secondary N) is 1. The van der Waals surface area contributed by atoms with Crippen molar-refractivity contribution in [3.63, 3.8) is 0 Å². The largest absolute Gasteiger partial charge is 0.370 e. The van der Waals surface area contributed by atoms with E-state index in [0.29, 0.717) is 19.6 Å². The lowest BCUT2D eigenvalue weighted by Gasteiger charge is -2.33. The molecule has 1 amide bonds. The molecule has 1 saturated heterocycles. The lowest BCUT2D eigenvalue weighted by atomic mass is 10.1. The summed E-state index contributed by atoms with van der Waals surface area (Å²) >= 11 is 0. The number of primary amides is 1. The molecule has 1 unspecified atom stereocenters. The van der Waals surface area contributed by atoms with Gasteiger partial charge in [-0.2, -0.15) is 4.31 Å². The maximum atomic E-state index is 11.3. The summed E-state index contributed by atoms with van der Waals surface area (Å²) in [6.07, 6.45) is 1.21. The molecule has 1 fully saturated rings. The predicted octanol–water partition coefficient (Wildman–Crippen LogP) is -1.90. The van der Waals surface area contributed by atoms with Gasteiger partial charge in [0.2, 0.25) is 15.9 Å². The van der Waals surface area contributed by atoms with Gasteiger partial charge in [-0.1, -0.05) is 0 Å². The minimum atomic E-state index is -3.24. The summed E-state index contributed by atoms with van der Waals surface area (Å²) in [6.45, 7) is 1.50. The van der Waals surface area contributed by atoms with Gasteiger partial charge in [0.05, 0.1) is 6.26 Å². The van der Waals surface area contributed by atoms with Crippen LogP contribution in [0.5, 0.6) is 0 Å². The molecule has 82 valence electrons. The molecule has 0 spiro atoms. The van der Waals surface area contributed by atoms with Gasteiger partial charge >= 0.3 is 0 Å². The van der Waals surface area contributed by atoms with Crippen LogP contribution in [-0.2, 0) is 14.8 Å². The zero-order valence-electron chi connectivity index (χ0n) is 8.06. The summed E-state index contributed by atoms with van der Waals surface area (Å²) in [4.78, 5) is 10.7. The minimum Gasteiger partial charge on any atom is -0.370 e. The number of amides is 1. The van der Waals surface area contributed by atoms with E-state index in [4.69, 9.17) is 5.73 Å². The van der Waals surface area contributed by atoms with Gasteiger partial charge in [-0.05, 0) is 0 Å². The van der Waals surface area contributed by atoms with Gasteiger partial charge in [-0.3, -0.25) is 4.79 Å². The Morgan fingerprint density at radius 1 is 1.64 bits per heavy atom. The molecule has 0 aromatic heterocycles. The van der Waals surface area contributed by atoms with Crippen LogP contribution in [0.25, 0.3) is 0 Å². The predicted molar refractivity (Wildman–Crippen MR) is 52.0 cm³/mol. The topological polar surface area (TPSA) is 92.5 Å². The van der Waals surface area contributed by atoms with Crippen LogP contribution in [0.15, 0.2) is 0 Å². The van der Waals surface area contributed by atoms with E-state index in [1.54, 1.807) is 0 Å². The summed E-state index contributed by atoms with van der Waals surface area (Å²) in [5, 5.41) is 3.03. The van der Waals surface area contributed by atoms with Crippen molar-refractivity contribution in [1.82, 2.24) is 9.62 Å². The molecule has 0 aromatic carbocycles. The first-order valence-electron chi connectivity index (χ1n) is 4.37. The van der Waals surface area contributed by atoms with E-state index in [1.165, 1.54) is 4.31 Å². The molecule has 1 aliphatic rings. The third-order valence-electron chi connectivity index (χ3n) is 2.16. The zero-order valence-corrected chi connectivity index (χ0v) is 8.88. The number of rotatable bonds is 3. The van der Waals surface area contributed by atoms with Crippen molar-refractivity contribution in [3.8, 4) is 0 Å². The second-order valence-electron chi connectivity index (χ2n) is 3.40. The summed E-state index contributed by atoms with van der Waals surface area (Å²) in [6, 6.07) is -0.337. The summed E-state index contributed by atoms with van der Waals surface area (Å²) in [7, 11) is -3.24. The van der Waals surface area contributed by atoms with E-state index in [9.17, 15) is 13.2 Å². The van der Waals surface area contributed by atoms with Crippen LogP contribution in [0.3, 0.4) is 0 Å². The first kappa shape index (κ1) is 11.4. The number of nitrogens with zero attached hydrogens (tertiary/aromatic N) is 1. The van der Waals surface area contributed by atoms with E-state index < -0.39 is 15.9 Å². The molecule has 6 nitrogen and oxygen atoms in total. The zero-order chi connectivity index (χ0) is 10.8. The van der Waals surface area contributed by atoms with Crippen molar-refractivity contribution in [1.29, 1.82) is 0 Å². The molecule has 0 bridgehead atoms. The number of hydrogen-bond donors (Lipinski definition) is 2. The summed E-state index contributed by atoms with van der Waals surface area (Å²) in [5.41, 5.74) is 5.04. The highest BCUT2D eigenvalue weighted by atomic mass is 32.2. The lowest BCUT2D eigenvalue weighted by Crippen LogP contribution is -2.54. The highest BCUT2D eigenvalue weighted by molar-refractivity contribution is 7.88. The number of nitrogens with two attached hydrogens (primary N) is 1.